The van der Waals surface area contributed by atoms with Crippen molar-refractivity contribution in [2.24, 2.45) is 0 Å². The average molecular weight is 484 g/mol. The summed E-state index contributed by atoms with van der Waals surface area (Å²) in [5.41, 5.74) is 3.84. The van der Waals surface area contributed by atoms with Crippen LogP contribution >= 0.6 is 11.3 Å². The maximum atomic E-state index is 12.3. The molecular formula is C27H37N3O3S. The Morgan fingerprint density at radius 1 is 1.29 bits per heavy atom. The van der Waals surface area contributed by atoms with Crippen LogP contribution in [0.3, 0.4) is 0 Å². The first-order valence-electron chi connectivity index (χ1n) is 11.3. The molecule has 2 aromatic rings. The van der Waals surface area contributed by atoms with E-state index in [1.165, 1.54) is 16.0 Å². The normalized spacial score (nSPS) is 14.3. The molecule has 1 aromatic heterocycles. The molecule has 34 heavy (non-hydrogen) atoms. The van der Waals surface area contributed by atoms with Gasteiger partial charge < -0.3 is 19.7 Å². The summed E-state index contributed by atoms with van der Waals surface area (Å²) in [5.74, 6) is 0. The van der Waals surface area contributed by atoms with E-state index in [4.69, 9.17) is 9.53 Å². The molecule has 7 heteroatoms. The largest absolute Gasteiger partial charge is 0.444 e. The van der Waals surface area contributed by atoms with Gasteiger partial charge in [0.05, 0.1) is 12.1 Å². The number of ether oxygens (including phenoxy) is 1. The van der Waals surface area contributed by atoms with Gasteiger partial charge in [-0.2, -0.15) is 5.26 Å². The number of aryl methyl sites for hydroxylation is 1. The minimum Gasteiger partial charge on any atom is -0.444 e. The lowest BCUT2D eigenvalue weighted by Gasteiger charge is -2.34. The van der Waals surface area contributed by atoms with Crippen molar-refractivity contribution in [3.05, 3.63) is 64.1 Å². The van der Waals surface area contributed by atoms with Crippen molar-refractivity contribution in [2.75, 3.05) is 12.4 Å². The Balaban J connectivity index is 0.000000374. The highest BCUT2D eigenvalue weighted by Crippen LogP contribution is 2.38. The number of nitrogens with one attached hydrogen (secondary N) is 1. The van der Waals surface area contributed by atoms with E-state index in [0.717, 1.165) is 29.8 Å². The van der Waals surface area contributed by atoms with E-state index in [1.54, 1.807) is 16.2 Å². The molecule has 0 radical (unpaired) electrons. The fourth-order valence-electron chi connectivity index (χ4n) is 3.49. The molecule has 1 aliphatic heterocycles. The van der Waals surface area contributed by atoms with Crippen LogP contribution < -0.4 is 5.32 Å². The summed E-state index contributed by atoms with van der Waals surface area (Å²) in [4.78, 5) is 23.2. The van der Waals surface area contributed by atoms with Crippen molar-refractivity contribution in [1.82, 2.24) is 4.90 Å². The minimum absolute atomic E-state index is 0.0715. The third-order valence-corrected chi connectivity index (χ3v) is 6.48. The van der Waals surface area contributed by atoms with Gasteiger partial charge in [-0.15, -0.1) is 17.9 Å². The number of rotatable bonds is 4. The van der Waals surface area contributed by atoms with Gasteiger partial charge in [0.2, 0.25) is 0 Å². The van der Waals surface area contributed by atoms with Crippen LogP contribution in [-0.2, 0) is 35.3 Å². The molecule has 1 N–H and O–H groups in total. The zero-order chi connectivity index (χ0) is 25.9. The number of thiophene rings is 1. The van der Waals surface area contributed by atoms with Crippen molar-refractivity contribution < 1.29 is 14.3 Å². The number of fused-ring (bicyclic) bond motifs is 1. The molecule has 0 spiro atoms. The number of hydrogen-bond acceptors (Lipinski definition) is 6. The molecule has 1 amide bonds. The Morgan fingerprint density at radius 3 is 2.35 bits per heavy atom. The smallest absolute Gasteiger partial charge is 0.410 e. The number of nitriles is 1. The van der Waals surface area contributed by atoms with Crippen molar-refractivity contribution in [3.63, 3.8) is 0 Å². The number of hydrogen-bond donors (Lipinski definition) is 1. The first kappa shape index (κ1) is 28.9. The van der Waals surface area contributed by atoms with Crippen LogP contribution in [0.2, 0.25) is 0 Å². The van der Waals surface area contributed by atoms with E-state index >= 15 is 0 Å². The first-order chi connectivity index (χ1) is 16.1. The highest BCUT2D eigenvalue weighted by atomic mass is 32.1. The third-order valence-electron chi connectivity index (χ3n) is 5.21. The summed E-state index contributed by atoms with van der Waals surface area (Å²) < 4.78 is 5.46. The zero-order valence-corrected chi connectivity index (χ0v) is 22.1. The van der Waals surface area contributed by atoms with E-state index in [2.05, 4.69) is 49.2 Å². The van der Waals surface area contributed by atoms with Crippen LogP contribution in [0.25, 0.3) is 0 Å². The number of anilines is 1. The topological polar surface area (TPSA) is 82.4 Å². The summed E-state index contributed by atoms with van der Waals surface area (Å²) in [6.45, 7) is 15.9. The summed E-state index contributed by atoms with van der Waals surface area (Å²) in [6.07, 6.45) is 4.47. The number of amides is 1. The van der Waals surface area contributed by atoms with Crippen LogP contribution in [0.5, 0.6) is 0 Å². The maximum Gasteiger partial charge on any atom is 0.410 e. The highest BCUT2D eigenvalue weighted by molar-refractivity contribution is 7.16. The summed E-state index contributed by atoms with van der Waals surface area (Å²) >= 11 is 1.60. The van der Waals surface area contributed by atoms with E-state index in [-0.39, 0.29) is 12.1 Å². The van der Waals surface area contributed by atoms with E-state index in [1.807, 2.05) is 47.6 Å². The monoisotopic (exact) mass is 483 g/mol. The molecule has 0 aliphatic carbocycles. The van der Waals surface area contributed by atoms with Gasteiger partial charge in [0.1, 0.15) is 23.5 Å². The average Bonchev–Trinajstić information content (AvgIpc) is 3.16. The Morgan fingerprint density at radius 2 is 1.88 bits per heavy atom. The van der Waals surface area contributed by atoms with Crippen LogP contribution in [0, 0.1) is 11.3 Å². The quantitative estimate of drug-likeness (QED) is 0.529. The molecule has 1 unspecified atom stereocenters. The fourth-order valence-corrected chi connectivity index (χ4v) is 4.72. The van der Waals surface area contributed by atoms with Gasteiger partial charge in [-0.1, -0.05) is 37.3 Å². The molecular weight excluding hydrogens is 446 g/mol. The lowest BCUT2D eigenvalue weighted by Crippen LogP contribution is -2.44. The Labute approximate surface area is 208 Å². The predicted molar refractivity (Wildman–Crippen MR) is 140 cm³/mol. The number of benzene rings is 1. The molecule has 0 saturated carbocycles. The lowest BCUT2D eigenvalue weighted by atomic mass is 10.0. The van der Waals surface area contributed by atoms with Crippen molar-refractivity contribution in [1.29, 1.82) is 5.26 Å². The molecule has 0 saturated heterocycles. The van der Waals surface area contributed by atoms with E-state index < -0.39 is 5.60 Å². The maximum absolute atomic E-state index is 12.3. The van der Waals surface area contributed by atoms with Crippen molar-refractivity contribution in [3.8, 4) is 6.07 Å². The predicted octanol–water partition coefficient (Wildman–Crippen LogP) is 6.14. The van der Waals surface area contributed by atoms with Crippen LogP contribution in [0.4, 0.5) is 9.80 Å². The van der Waals surface area contributed by atoms with Gasteiger partial charge in [-0.25, -0.2) is 4.79 Å². The molecule has 0 bridgehead atoms. The van der Waals surface area contributed by atoms with Crippen LogP contribution in [0.15, 0.2) is 36.9 Å². The minimum atomic E-state index is -0.514. The molecule has 1 aromatic carbocycles. The second kappa shape index (κ2) is 13.6. The van der Waals surface area contributed by atoms with Crippen molar-refractivity contribution in [2.45, 2.75) is 72.1 Å². The van der Waals surface area contributed by atoms with Crippen molar-refractivity contribution >= 4 is 29.2 Å². The Hall–Kier alpha value is -3.11. The summed E-state index contributed by atoms with van der Waals surface area (Å²) in [6, 6.07) is 11.0. The van der Waals surface area contributed by atoms with Gasteiger partial charge in [0, 0.05) is 30.0 Å². The van der Waals surface area contributed by atoms with Crippen LogP contribution in [-0.4, -0.2) is 36.5 Å². The number of carbonyl (C=O) groups is 2. The molecule has 1 atom stereocenters. The van der Waals surface area contributed by atoms with E-state index in [9.17, 15) is 10.1 Å². The Kier molecular flexibility index (Phi) is 11.5. The second-order valence-corrected chi connectivity index (χ2v) is 10.00. The molecule has 2 heterocycles. The molecule has 3 rings (SSSR count). The summed E-state index contributed by atoms with van der Waals surface area (Å²) in [7, 11) is 1.81. The molecule has 6 nitrogen and oxygen atoms in total. The van der Waals surface area contributed by atoms with Gasteiger partial charge >= 0.3 is 6.09 Å². The highest BCUT2D eigenvalue weighted by Gasteiger charge is 2.33. The van der Waals surface area contributed by atoms with Gasteiger partial charge in [0.15, 0.2) is 0 Å². The molecule has 1 aliphatic rings. The van der Waals surface area contributed by atoms with Gasteiger partial charge in [-0.05, 0) is 51.7 Å². The van der Waals surface area contributed by atoms with E-state index in [0.29, 0.717) is 12.1 Å². The second-order valence-electron chi connectivity index (χ2n) is 8.89. The molecule has 0 fully saturated rings. The standard InChI is InChI=1S/C15H21N3O2S.C11H14.CH2O/c1-9-6-12-11(10(7-16)13(17-5)21-12)8-18(9)14(19)20-15(2,3)4;1-3-5-11-8-6-10(4-2)7-9-11;1-2/h9,17H,6,8H2,1-5H3;3,6-9H,1,4-5H2,2H3;1H2. The third kappa shape index (κ3) is 8.03. The zero-order valence-electron chi connectivity index (χ0n) is 21.2. The SMILES string of the molecule is C=CCc1ccc(CC)cc1.C=O.CNc1sc2c(c1C#N)CN(C(=O)OC(C)(C)C)C(C)C2. The lowest BCUT2D eigenvalue weighted by molar-refractivity contribution is -0.0980. The first-order valence-corrected chi connectivity index (χ1v) is 12.1. The van der Waals surface area contributed by atoms with Gasteiger partial charge in [0.25, 0.3) is 0 Å². The Bertz CT molecular complexity index is 984. The van der Waals surface area contributed by atoms with Crippen LogP contribution in [0.1, 0.15) is 61.7 Å². The number of nitrogens with zero attached hydrogens (tertiary/aromatic N) is 2. The summed E-state index contributed by atoms with van der Waals surface area (Å²) in [5, 5.41) is 13.3. The molecule has 184 valence electrons. The van der Waals surface area contributed by atoms with Gasteiger partial charge in [-0.3, -0.25) is 0 Å². The fraction of sp³-hybridized carbons (Fsp3) is 0.444. The number of carbonyl (C=O) groups excluding carboxylic acids is 2. The number of allylic oxidation sites excluding steroid dienone is 1.